The molecule has 1 aromatic carbocycles. The second kappa shape index (κ2) is 6.05. The van der Waals surface area contributed by atoms with E-state index in [4.69, 9.17) is 11.6 Å². The third kappa shape index (κ3) is 4.12. The Kier molecular flexibility index (Phi) is 4.99. The molecule has 1 unspecified atom stereocenters. The molecule has 1 aromatic rings. The van der Waals surface area contributed by atoms with Crippen LogP contribution in [0.1, 0.15) is 25.8 Å². The van der Waals surface area contributed by atoms with Gasteiger partial charge in [0.15, 0.2) is 0 Å². The van der Waals surface area contributed by atoms with Gasteiger partial charge in [0, 0.05) is 11.1 Å². The molecule has 0 aliphatic carbocycles. The van der Waals surface area contributed by atoms with Gasteiger partial charge in [-0.1, -0.05) is 30.7 Å². The summed E-state index contributed by atoms with van der Waals surface area (Å²) in [6.45, 7) is 5.49. The lowest BCUT2D eigenvalue weighted by molar-refractivity contribution is 0.543. The molecule has 0 heterocycles. The summed E-state index contributed by atoms with van der Waals surface area (Å²) in [6.07, 6.45) is 2.25. The average Bonchev–Trinajstić information content (AvgIpc) is 2.18. The van der Waals surface area contributed by atoms with Crippen LogP contribution in [0.5, 0.6) is 0 Å². The zero-order valence-corrected chi connectivity index (χ0v) is 9.64. The fourth-order valence-corrected chi connectivity index (χ4v) is 1.56. The van der Waals surface area contributed by atoms with Crippen LogP contribution in [0.25, 0.3) is 0 Å². The Morgan fingerprint density at radius 1 is 1.29 bits per heavy atom. The molecule has 2 heteroatoms. The first-order valence-electron chi connectivity index (χ1n) is 5.20. The molecule has 0 saturated carbocycles. The van der Waals surface area contributed by atoms with Crippen molar-refractivity contribution in [1.82, 2.24) is 5.32 Å². The minimum absolute atomic E-state index is 0.538. The molecule has 0 amide bonds. The van der Waals surface area contributed by atoms with Crippen molar-refractivity contribution in [2.75, 3.05) is 6.54 Å². The highest BCUT2D eigenvalue weighted by molar-refractivity contribution is 6.30. The van der Waals surface area contributed by atoms with Gasteiger partial charge in [0.1, 0.15) is 0 Å². The minimum Gasteiger partial charge on any atom is -0.314 e. The van der Waals surface area contributed by atoms with Gasteiger partial charge in [-0.25, -0.2) is 0 Å². The number of benzene rings is 1. The second-order valence-corrected chi connectivity index (χ2v) is 4.12. The Bertz CT molecular complexity index is 256. The van der Waals surface area contributed by atoms with E-state index >= 15 is 0 Å². The highest BCUT2D eigenvalue weighted by atomic mass is 35.5. The maximum absolute atomic E-state index is 5.82. The van der Waals surface area contributed by atoms with Crippen LogP contribution in [-0.4, -0.2) is 12.6 Å². The van der Waals surface area contributed by atoms with Crippen molar-refractivity contribution >= 4 is 11.6 Å². The second-order valence-electron chi connectivity index (χ2n) is 3.69. The number of nitrogens with one attached hydrogen (secondary N) is 1. The summed E-state index contributed by atoms with van der Waals surface area (Å²) in [6, 6.07) is 8.61. The molecule has 0 radical (unpaired) electrons. The molecular formula is C12H18ClN. The van der Waals surface area contributed by atoms with Crippen LogP contribution in [0.2, 0.25) is 5.02 Å². The Labute approximate surface area is 91.5 Å². The van der Waals surface area contributed by atoms with Gasteiger partial charge in [0.25, 0.3) is 0 Å². The standard InChI is InChI=1S/C12H18ClN/c1-3-8-14-10(2)9-11-4-6-12(13)7-5-11/h4-7,10,14H,3,8-9H2,1-2H3. The lowest BCUT2D eigenvalue weighted by Gasteiger charge is -2.12. The Morgan fingerprint density at radius 2 is 1.93 bits per heavy atom. The van der Waals surface area contributed by atoms with E-state index in [0.717, 1.165) is 18.0 Å². The van der Waals surface area contributed by atoms with Gasteiger partial charge < -0.3 is 5.32 Å². The maximum Gasteiger partial charge on any atom is 0.0406 e. The summed E-state index contributed by atoms with van der Waals surface area (Å²) >= 11 is 5.82. The zero-order chi connectivity index (χ0) is 10.4. The summed E-state index contributed by atoms with van der Waals surface area (Å²) < 4.78 is 0. The van der Waals surface area contributed by atoms with E-state index in [-0.39, 0.29) is 0 Å². The highest BCUT2D eigenvalue weighted by Crippen LogP contribution is 2.10. The minimum atomic E-state index is 0.538. The van der Waals surface area contributed by atoms with Crippen molar-refractivity contribution in [3.63, 3.8) is 0 Å². The van der Waals surface area contributed by atoms with Crippen LogP contribution in [0, 0.1) is 0 Å². The smallest absolute Gasteiger partial charge is 0.0406 e. The molecule has 0 aliphatic rings. The van der Waals surface area contributed by atoms with Crippen molar-refractivity contribution in [3.05, 3.63) is 34.9 Å². The predicted molar refractivity (Wildman–Crippen MR) is 62.9 cm³/mol. The zero-order valence-electron chi connectivity index (χ0n) is 8.89. The largest absolute Gasteiger partial charge is 0.314 e. The SMILES string of the molecule is CCCNC(C)Cc1ccc(Cl)cc1. The van der Waals surface area contributed by atoms with Gasteiger partial charge in [-0.05, 0) is 44.0 Å². The van der Waals surface area contributed by atoms with E-state index in [1.807, 2.05) is 12.1 Å². The molecule has 1 N–H and O–H groups in total. The fourth-order valence-electron chi connectivity index (χ4n) is 1.44. The van der Waals surface area contributed by atoms with Gasteiger partial charge in [0.05, 0.1) is 0 Å². The summed E-state index contributed by atoms with van der Waals surface area (Å²) in [7, 11) is 0. The molecule has 1 atom stereocenters. The summed E-state index contributed by atoms with van der Waals surface area (Å²) in [5, 5.41) is 4.27. The number of hydrogen-bond acceptors (Lipinski definition) is 1. The van der Waals surface area contributed by atoms with Crippen molar-refractivity contribution in [3.8, 4) is 0 Å². The average molecular weight is 212 g/mol. The van der Waals surface area contributed by atoms with E-state index in [2.05, 4.69) is 31.3 Å². The number of rotatable bonds is 5. The predicted octanol–water partition coefficient (Wildman–Crippen LogP) is 3.27. The summed E-state index contributed by atoms with van der Waals surface area (Å²) in [5.74, 6) is 0. The molecule has 0 spiro atoms. The monoisotopic (exact) mass is 211 g/mol. The highest BCUT2D eigenvalue weighted by Gasteiger charge is 2.01. The van der Waals surface area contributed by atoms with Crippen molar-refractivity contribution in [2.45, 2.75) is 32.7 Å². The van der Waals surface area contributed by atoms with Gasteiger partial charge in [-0.3, -0.25) is 0 Å². The number of hydrogen-bond donors (Lipinski definition) is 1. The Balaban J connectivity index is 2.39. The van der Waals surface area contributed by atoms with E-state index in [1.54, 1.807) is 0 Å². The first-order chi connectivity index (χ1) is 6.72. The van der Waals surface area contributed by atoms with Gasteiger partial charge in [-0.2, -0.15) is 0 Å². The summed E-state index contributed by atoms with van der Waals surface area (Å²) in [4.78, 5) is 0. The molecule has 0 aromatic heterocycles. The Hall–Kier alpha value is -0.530. The van der Waals surface area contributed by atoms with Crippen LogP contribution >= 0.6 is 11.6 Å². The first kappa shape index (κ1) is 11.5. The van der Waals surface area contributed by atoms with E-state index in [9.17, 15) is 0 Å². The lowest BCUT2D eigenvalue weighted by Crippen LogP contribution is -2.28. The fraction of sp³-hybridized carbons (Fsp3) is 0.500. The summed E-state index contributed by atoms with van der Waals surface area (Å²) in [5.41, 5.74) is 1.34. The molecule has 1 rings (SSSR count). The quantitative estimate of drug-likeness (QED) is 0.789. The molecule has 1 nitrogen and oxygen atoms in total. The topological polar surface area (TPSA) is 12.0 Å². The van der Waals surface area contributed by atoms with Crippen LogP contribution in [0.3, 0.4) is 0 Å². The molecule has 0 aliphatic heterocycles. The number of halogens is 1. The van der Waals surface area contributed by atoms with Gasteiger partial charge in [0.2, 0.25) is 0 Å². The maximum atomic E-state index is 5.82. The van der Waals surface area contributed by atoms with Crippen molar-refractivity contribution in [1.29, 1.82) is 0 Å². The van der Waals surface area contributed by atoms with E-state index in [1.165, 1.54) is 12.0 Å². The first-order valence-corrected chi connectivity index (χ1v) is 5.58. The molecule has 14 heavy (non-hydrogen) atoms. The molecule has 0 fully saturated rings. The van der Waals surface area contributed by atoms with Gasteiger partial charge >= 0.3 is 0 Å². The molecule has 0 saturated heterocycles. The van der Waals surface area contributed by atoms with Crippen LogP contribution < -0.4 is 5.32 Å². The lowest BCUT2D eigenvalue weighted by atomic mass is 10.1. The van der Waals surface area contributed by atoms with E-state index in [0.29, 0.717) is 6.04 Å². The van der Waals surface area contributed by atoms with Crippen LogP contribution in [0.4, 0.5) is 0 Å². The normalized spacial score (nSPS) is 12.8. The van der Waals surface area contributed by atoms with Crippen molar-refractivity contribution < 1.29 is 0 Å². The third-order valence-corrected chi connectivity index (χ3v) is 2.45. The Morgan fingerprint density at radius 3 is 2.50 bits per heavy atom. The molecule has 0 bridgehead atoms. The van der Waals surface area contributed by atoms with Crippen LogP contribution in [0.15, 0.2) is 24.3 Å². The van der Waals surface area contributed by atoms with Crippen LogP contribution in [-0.2, 0) is 6.42 Å². The third-order valence-electron chi connectivity index (χ3n) is 2.20. The molecular weight excluding hydrogens is 194 g/mol. The van der Waals surface area contributed by atoms with E-state index < -0.39 is 0 Å². The van der Waals surface area contributed by atoms with Crippen molar-refractivity contribution in [2.24, 2.45) is 0 Å². The molecule has 78 valence electrons. The van der Waals surface area contributed by atoms with Gasteiger partial charge in [-0.15, -0.1) is 0 Å².